The summed E-state index contributed by atoms with van der Waals surface area (Å²) >= 11 is 0. The highest BCUT2D eigenvalue weighted by atomic mass is 16.5. The van der Waals surface area contributed by atoms with Gasteiger partial charge >= 0.3 is 0 Å². The highest BCUT2D eigenvalue weighted by Gasteiger charge is 2.47. The Morgan fingerprint density at radius 3 is 2.68 bits per heavy atom. The number of aliphatic hydroxyl groups is 1. The van der Waals surface area contributed by atoms with E-state index in [0.29, 0.717) is 18.3 Å². The van der Waals surface area contributed by atoms with Gasteiger partial charge in [0, 0.05) is 12.3 Å². The van der Waals surface area contributed by atoms with Gasteiger partial charge in [0.1, 0.15) is 0 Å². The molecule has 19 heavy (non-hydrogen) atoms. The van der Waals surface area contributed by atoms with Crippen molar-refractivity contribution in [1.29, 1.82) is 0 Å². The van der Waals surface area contributed by atoms with E-state index in [0.717, 1.165) is 12.8 Å². The molecule has 1 heterocycles. The second kappa shape index (κ2) is 4.92. The van der Waals surface area contributed by atoms with Crippen molar-refractivity contribution >= 4 is 0 Å². The topological polar surface area (TPSA) is 29.5 Å². The summed E-state index contributed by atoms with van der Waals surface area (Å²) in [5, 5.41) is 10.8. The van der Waals surface area contributed by atoms with Crippen LogP contribution in [0.15, 0.2) is 30.3 Å². The molecule has 0 amide bonds. The SMILES string of the molecule is CC1CCC2C(C1)OC(c1ccccc1)CC2(C)O. The Bertz CT molecular complexity index is 426. The summed E-state index contributed by atoms with van der Waals surface area (Å²) in [5.41, 5.74) is 0.600. The van der Waals surface area contributed by atoms with Crippen LogP contribution in [0.2, 0.25) is 0 Å². The third-order valence-electron chi connectivity index (χ3n) is 4.96. The van der Waals surface area contributed by atoms with E-state index in [1.807, 2.05) is 25.1 Å². The molecule has 1 saturated heterocycles. The summed E-state index contributed by atoms with van der Waals surface area (Å²) < 4.78 is 6.32. The van der Waals surface area contributed by atoms with Crippen LogP contribution in [0.3, 0.4) is 0 Å². The highest BCUT2D eigenvalue weighted by Crippen LogP contribution is 2.47. The lowest BCUT2D eigenvalue weighted by atomic mass is 9.68. The maximum atomic E-state index is 10.8. The lowest BCUT2D eigenvalue weighted by molar-refractivity contribution is -0.197. The minimum absolute atomic E-state index is 0.0442. The summed E-state index contributed by atoms with van der Waals surface area (Å²) in [6.45, 7) is 4.29. The number of benzene rings is 1. The van der Waals surface area contributed by atoms with Gasteiger partial charge in [-0.1, -0.05) is 43.7 Å². The molecule has 3 rings (SSSR count). The van der Waals surface area contributed by atoms with E-state index < -0.39 is 5.60 Å². The highest BCUT2D eigenvalue weighted by molar-refractivity contribution is 5.19. The van der Waals surface area contributed by atoms with E-state index in [9.17, 15) is 5.11 Å². The van der Waals surface area contributed by atoms with Crippen molar-refractivity contribution in [2.24, 2.45) is 11.8 Å². The smallest absolute Gasteiger partial charge is 0.0856 e. The van der Waals surface area contributed by atoms with Gasteiger partial charge in [-0.3, -0.25) is 0 Å². The summed E-state index contributed by atoms with van der Waals surface area (Å²) in [6.07, 6.45) is 4.38. The van der Waals surface area contributed by atoms with Crippen molar-refractivity contribution in [3.8, 4) is 0 Å². The average molecular weight is 260 g/mol. The molecule has 1 N–H and O–H groups in total. The van der Waals surface area contributed by atoms with Gasteiger partial charge in [-0.2, -0.15) is 0 Å². The normalized spacial score (nSPS) is 42.7. The number of hydrogen-bond acceptors (Lipinski definition) is 2. The minimum Gasteiger partial charge on any atom is -0.390 e. The first-order valence-corrected chi connectivity index (χ1v) is 7.49. The van der Waals surface area contributed by atoms with Crippen molar-refractivity contribution in [3.05, 3.63) is 35.9 Å². The van der Waals surface area contributed by atoms with Gasteiger partial charge in [0.2, 0.25) is 0 Å². The molecule has 2 nitrogen and oxygen atoms in total. The fourth-order valence-electron chi connectivity index (χ4n) is 3.84. The zero-order valence-electron chi connectivity index (χ0n) is 11.9. The largest absolute Gasteiger partial charge is 0.390 e. The lowest BCUT2D eigenvalue weighted by Crippen LogP contribution is -2.51. The molecule has 1 aromatic rings. The van der Waals surface area contributed by atoms with Crippen LogP contribution in [0.5, 0.6) is 0 Å². The molecular weight excluding hydrogens is 236 g/mol. The summed E-state index contributed by atoms with van der Waals surface area (Å²) in [6, 6.07) is 10.3. The first-order chi connectivity index (χ1) is 9.06. The molecule has 0 spiro atoms. The van der Waals surface area contributed by atoms with Crippen molar-refractivity contribution in [1.82, 2.24) is 0 Å². The second-order valence-electron chi connectivity index (χ2n) is 6.66. The van der Waals surface area contributed by atoms with E-state index in [4.69, 9.17) is 4.74 Å². The van der Waals surface area contributed by atoms with Crippen molar-refractivity contribution in [3.63, 3.8) is 0 Å². The lowest BCUT2D eigenvalue weighted by Gasteiger charge is -2.49. The van der Waals surface area contributed by atoms with E-state index in [2.05, 4.69) is 19.1 Å². The van der Waals surface area contributed by atoms with Crippen LogP contribution < -0.4 is 0 Å². The molecule has 0 aromatic heterocycles. The molecule has 1 saturated carbocycles. The molecule has 0 bridgehead atoms. The van der Waals surface area contributed by atoms with Crippen LogP contribution >= 0.6 is 0 Å². The Morgan fingerprint density at radius 1 is 1.21 bits per heavy atom. The maximum Gasteiger partial charge on any atom is 0.0856 e. The van der Waals surface area contributed by atoms with Crippen LogP contribution in [0.4, 0.5) is 0 Å². The molecule has 2 aliphatic rings. The van der Waals surface area contributed by atoms with Gasteiger partial charge in [-0.05, 0) is 31.2 Å². The minimum atomic E-state index is -0.594. The van der Waals surface area contributed by atoms with Gasteiger partial charge in [-0.15, -0.1) is 0 Å². The third-order valence-corrected chi connectivity index (χ3v) is 4.96. The first kappa shape index (κ1) is 13.1. The summed E-state index contributed by atoms with van der Waals surface area (Å²) in [4.78, 5) is 0. The first-order valence-electron chi connectivity index (χ1n) is 7.49. The van der Waals surface area contributed by atoms with Crippen molar-refractivity contribution in [2.75, 3.05) is 0 Å². The Kier molecular flexibility index (Phi) is 3.40. The predicted octanol–water partition coefficient (Wildman–Crippen LogP) is 3.70. The monoisotopic (exact) mass is 260 g/mol. The quantitative estimate of drug-likeness (QED) is 0.834. The molecule has 1 aliphatic heterocycles. The molecule has 5 atom stereocenters. The fraction of sp³-hybridized carbons (Fsp3) is 0.647. The van der Waals surface area contributed by atoms with E-state index in [1.165, 1.54) is 12.0 Å². The van der Waals surface area contributed by atoms with E-state index in [-0.39, 0.29) is 12.2 Å². The zero-order valence-corrected chi connectivity index (χ0v) is 11.9. The van der Waals surface area contributed by atoms with E-state index in [1.54, 1.807) is 0 Å². The number of hydrogen-bond donors (Lipinski definition) is 1. The van der Waals surface area contributed by atoms with Crippen LogP contribution in [-0.4, -0.2) is 16.8 Å². The Morgan fingerprint density at radius 2 is 1.95 bits per heavy atom. The van der Waals surface area contributed by atoms with Gasteiger partial charge in [0.05, 0.1) is 17.8 Å². The third kappa shape index (κ3) is 2.56. The number of ether oxygens (including phenoxy) is 1. The standard InChI is InChI=1S/C17H24O2/c1-12-8-9-14-15(10-12)19-16(11-17(14,2)18)13-6-4-3-5-7-13/h3-7,12,14-16,18H,8-11H2,1-2H3. The Labute approximate surface area is 115 Å². The van der Waals surface area contributed by atoms with Crippen LogP contribution in [0, 0.1) is 11.8 Å². The van der Waals surface area contributed by atoms with Crippen molar-refractivity contribution < 1.29 is 9.84 Å². The second-order valence-corrected chi connectivity index (χ2v) is 6.66. The summed E-state index contributed by atoms with van der Waals surface area (Å²) in [7, 11) is 0. The van der Waals surface area contributed by atoms with Crippen LogP contribution in [0.1, 0.15) is 51.2 Å². The molecule has 2 fully saturated rings. The molecule has 104 valence electrons. The Balaban J connectivity index is 1.83. The van der Waals surface area contributed by atoms with Gasteiger partial charge in [0.15, 0.2) is 0 Å². The predicted molar refractivity (Wildman–Crippen MR) is 75.8 cm³/mol. The van der Waals surface area contributed by atoms with Crippen molar-refractivity contribution in [2.45, 2.75) is 57.3 Å². The number of rotatable bonds is 1. The Hall–Kier alpha value is -0.860. The summed E-state index contributed by atoms with van der Waals surface area (Å²) in [5.74, 6) is 1.02. The van der Waals surface area contributed by atoms with Gasteiger partial charge < -0.3 is 9.84 Å². The average Bonchev–Trinajstić information content (AvgIpc) is 2.38. The molecular formula is C17H24O2. The van der Waals surface area contributed by atoms with Gasteiger partial charge in [-0.25, -0.2) is 0 Å². The van der Waals surface area contributed by atoms with Gasteiger partial charge in [0.25, 0.3) is 0 Å². The van der Waals surface area contributed by atoms with Crippen LogP contribution in [-0.2, 0) is 4.74 Å². The molecule has 5 unspecified atom stereocenters. The number of fused-ring (bicyclic) bond motifs is 1. The molecule has 0 radical (unpaired) electrons. The molecule has 2 heteroatoms. The van der Waals surface area contributed by atoms with Crippen LogP contribution in [0.25, 0.3) is 0 Å². The molecule has 1 aliphatic carbocycles. The maximum absolute atomic E-state index is 10.8. The zero-order chi connectivity index (χ0) is 13.5. The van der Waals surface area contributed by atoms with E-state index >= 15 is 0 Å². The fourth-order valence-corrected chi connectivity index (χ4v) is 3.84. The molecule has 1 aromatic carbocycles.